The molecule has 1 N–H and O–H groups in total. The summed E-state index contributed by atoms with van der Waals surface area (Å²) in [5.74, 6) is 0.548. The van der Waals surface area contributed by atoms with Crippen molar-refractivity contribution in [2.75, 3.05) is 33.7 Å². The molecule has 1 aromatic heterocycles. The Balaban J connectivity index is 0.00000156. The number of nitrogens with one attached hydrogen (secondary N) is 1. The zero-order valence-electron chi connectivity index (χ0n) is 15.5. The highest BCUT2D eigenvalue weighted by molar-refractivity contribution is 5.85. The highest BCUT2D eigenvalue weighted by Crippen LogP contribution is 2.30. The topological polar surface area (TPSA) is 53.4 Å². The number of aromatic nitrogens is 2. The number of piperidine rings is 1. The summed E-state index contributed by atoms with van der Waals surface area (Å²) in [6, 6.07) is 0.906. The van der Waals surface area contributed by atoms with Gasteiger partial charge in [-0.05, 0) is 32.4 Å². The van der Waals surface area contributed by atoms with Gasteiger partial charge in [0.15, 0.2) is 0 Å². The van der Waals surface area contributed by atoms with Crippen LogP contribution in [0.15, 0.2) is 12.4 Å². The van der Waals surface area contributed by atoms with E-state index in [1.54, 1.807) is 0 Å². The van der Waals surface area contributed by atoms with Gasteiger partial charge >= 0.3 is 0 Å². The van der Waals surface area contributed by atoms with Crippen LogP contribution in [0.1, 0.15) is 31.2 Å². The summed E-state index contributed by atoms with van der Waals surface area (Å²) in [6.45, 7) is 4.95. The summed E-state index contributed by atoms with van der Waals surface area (Å²) in [7, 11) is 6.08. The van der Waals surface area contributed by atoms with Gasteiger partial charge in [-0.15, -0.1) is 24.8 Å². The van der Waals surface area contributed by atoms with Gasteiger partial charge < -0.3 is 15.1 Å². The highest BCUT2D eigenvalue weighted by atomic mass is 35.5. The SMILES string of the molecule is CC1CC(N(C)C(=O)[C@H]2CNC[C@@H]2c2cnn(C)c2)CCN1C.Cl.Cl. The van der Waals surface area contributed by atoms with E-state index in [9.17, 15) is 4.79 Å². The van der Waals surface area contributed by atoms with E-state index >= 15 is 0 Å². The van der Waals surface area contributed by atoms with Gasteiger partial charge in [0.05, 0.1) is 12.1 Å². The van der Waals surface area contributed by atoms with E-state index in [1.165, 1.54) is 5.56 Å². The molecular weight excluding hydrogens is 361 g/mol. The van der Waals surface area contributed by atoms with Crippen molar-refractivity contribution in [1.29, 1.82) is 0 Å². The minimum atomic E-state index is 0. The Labute approximate surface area is 163 Å². The number of rotatable bonds is 3. The molecule has 3 heterocycles. The number of aryl methyl sites for hydroxylation is 1. The molecule has 0 spiro atoms. The third-order valence-corrected chi connectivity index (χ3v) is 5.76. The van der Waals surface area contributed by atoms with Gasteiger partial charge in [-0.2, -0.15) is 5.10 Å². The lowest BCUT2D eigenvalue weighted by Gasteiger charge is -2.40. The lowest BCUT2D eigenvalue weighted by molar-refractivity contribution is -0.137. The molecule has 0 radical (unpaired) electrons. The smallest absolute Gasteiger partial charge is 0.227 e. The van der Waals surface area contributed by atoms with Gasteiger partial charge in [0, 0.05) is 57.9 Å². The maximum absolute atomic E-state index is 13.1. The zero-order chi connectivity index (χ0) is 16.6. The fraction of sp³-hybridized carbons (Fsp3) is 0.765. The summed E-state index contributed by atoms with van der Waals surface area (Å²) in [5.41, 5.74) is 1.17. The number of carbonyl (C=O) groups excluding carboxylic acids is 1. The molecule has 2 saturated heterocycles. The van der Waals surface area contributed by atoms with Crippen molar-refractivity contribution in [1.82, 2.24) is 24.9 Å². The Morgan fingerprint density at radius 1 is 1.32 bits per heavy atom. The molecule has 0 aromatic carbocycles. The lowest BCUT2D eigenvalue weighted by atomic mass is 9.88. The van der Waals surface area contributed by atoms with Crippen molar-refractivity contribution in [3.8, 4) is 0 Å². The molecule has 1 amide bonds. The summed E-state index contributed by atoms with van der Waals surface area (Å²) in [6.07, 6.45) is 6.07. The van der Waals surface area contributed by atoms with Crippen molar-refractivity contribution in [2.24, 2.45) is 13.0 Å². The Bertz CT molecular complexity index is 567. The highest BCUT2D eigenvalue weighted by Gasteiger charge is 2.38. The zero-order valence-corrected chi connectivity index (χ0v) is 17.1. The molecule has 2 unspecified atom stereocenters. The second-order valence-electron chi connectivity index (χ2n) is 7.28. The third-order valence-electron chi connectivity index (χ3n) is 5.76. The van der Waals surface area contributed by atoms with E-state index in [0.717, 1.165) is 32.5 Å². The van der Waals surface area contributed by atoms with E-state index in [-0.39, 0.29) is 42.6 Å². The maximum Gasteiger partial charge on any atom is 0.227 e. The van der Waals surface area contributed by atoms with Crippen molar-refractivity contribution >= 4 is 30.7 Å². The molecule has 0 bridgehead atoms. The van der Waals surface area contributed by atoms with Crippen LogP contribution in [0.5, 0.6) is 0 Å². The predicted molar refractivity (Wildman–Crippen MR) is 105 cm³/mol. The molecule has 4 atom stereocenters. The first-order valence-corrected chi connectivity index (χ1v) is 8.63. The van der Waals surface area contributed by atoms with Crippen LogP contribution in [-0.2, 0) is 11.8 Å². The molecule has 144 valence electrons. The predicted octanol–water partition coefficient (Wildman–Crippen LogP) is 1.51. The fourth-order valence-electron chi connectivity index (χ4n) is 3.98. The maximum atomic E-state index is 13.1. The van der Waals surface area contributed by atoms with Crippen LogP contribution in [0.25, 0.3) is 0 Å². The third kappa shape index (κ3) is 4.67. The van der Waals surface area contributed by atoms with Gasteiger partial charge in [-0.1, -0.05) is 0 Å². The number of likely N-dealkylation sites (tertiary alicyclic amines) is 1. The average molecular weight is 392 g/mol. The molecule has 25 heavy (non-hydrogen) atoms. The van der Waals surface area contributed by atoms with Crippen LogP contribution in [0, 0.1) is 5.92 Å². The summed E-state index contributed by atoms with van der Waals surface area (Å²) in [4.78, 5) is 17.5. The second kappa shape index (κ2) is 9.21. The van der Waals surface area contributed by atoms with Crippen molar-refractivity contribution in [2.45, 2.75) is 37.8 Å². The van der Waals surface area contributed by atoms with Gasteiger partial charge in [-0.3, -0.25) is 9.48 Å². The van der Waals surface area contributed by atoms with Crippen LogP contribution in [0.3, 0.4) is 0 Å². The molecule has 6 nitrogen and oxygen atoms in total. The first kappa shape index (κ1) is 22.2. The lowest BCUT2D eigenvalue weighted by Crippen LogP contribution is -2.50. The summed E-state index contributed by atoms with van der Waals surface area (Å²) in [5, 5.41) is 7.66. The Morgan fingerprint density at radius 3 is 2.64 bits per heavy atom. The van der Waals surface area contributed by atoms with E-state index in [2.05, 4.69) is 29.3 Å². The normalized spacial score (nSPS) is 29.6. The van der Waals surface area contributed by atoms with Crippen molar-refractivity contribution in [3.05, 3.63) is 18.0 Å². The molecule has 2 aliphatic heterocycles. The number of nitrogens with zero attached hydrogens (tertiary/aromatic N) is 4. The first-order valence-electron chi connectivity index (χ1n) is 8.63. The molecule has 8 heteroatoms. The number of carbonyl (C=O) groups is 1. The van der Waals surface area contributed by atoms with Crippen LogP contribution in [0.2, 0.25) is 0 Å². The Hall–Kier alpha value is -0.820. The van der Waals surface area contributed by atoms with Crippen molar-refractivity contribution in [3.63, 3.8) is 0 Å². The number of halogens is 2. The number of hydrogen-bond acceptors (Lipinski definition) is 4. The molecule has 2 aliphatic rings. The largest absolute Gasteiger partial charge is 0.342 e. The number of amides is 1. The minimum Gasteiger partial charge on any atom is -0.342 e. The molecule has 2 fully saturated rings. The molecule has 1 aromatic rings. The van der Waals surface area contributed by atoms with E-state index in [0.29, 0.717) is 12.1 Å². The van der Waals surface area contributed by atoms with Crippen LogP contribution in [-0.4, -0.2) is 71.3 Å². The van der Waals surface area contributed by atoms with Gasteiger partial charge in [0.25, 0.3) is 0 Å². The van der Waals surface area contributed by atoms with Gasteiger partial charge in [0.1, 0.15) is 0 Å². The van der Waals surface area contributed by atoms with Crippen LogP contribution in [0.4, 0.5) is 0 Å². The molecule has 0 aliphatic carbocycles. The summed E-state index contributed by atoms with van der Waals surface area (Å²) < 4.78 is 1.82. The second-order valence-corrected chi connectivity index (χ2v) is 7.28. The van der Waals surface area contributed by atoms with E-state index in [1.807, 2.05) is 36.1 Å². The average Bonchev–Trinajstić information content (AvgIpc) is 3.17. The van der Waals surface area contributed by atoms with Crippen LogP contribution < -0.4 is 5.32 Å². The van der Waals surface area contributed by atoms with Gasteiger partial charge in [0.2, 0.25) is 5.91 Å². The molecular formula is C17H31Cl2N5O. The summed E-state index contributed by atoms with van der Waals surface area (Å²) >= 11 is 0. The minimum absolute atomic E-state index is 0. The van der Waals surface area contributed by atoms with Crippen LogP contribution >= 0.6 is 24.8 Å². The van der Waals surface area contributed by atoms with Gasteiger partial charge in [-0.25, -0.2) is 0 Å². The fourth-order valence-corrected chi connectivity index (χ4v) is 3.98. The first-order chi connectivity index (χ1) is 11.0. The molecule has 3 rings (SSSR count). The monoisotopic (exact) mass is 391 g/mol. The quantitative estimate of drug-likeness (QED) is 0.848. The number of hydrogen-bond donors (Lipinski definition) is 1. The Morgan fingerprint density at radius 2 is 2.04 bits per heavy atom. The standard InChI is InChI=1S/C17H29N5O.2ClH/c1-12-7-14(5-6-20(12)2)22(4)17(23)16-10-18-9-15(16)13-8-19-21(3)11-13;;/h8,11-12,14-16,18H,5-7,9-10H2,1-4H3;2*1H/t12?,14?,15-,16+;;/m1../s1. The Kier molecular flexibility index (Phi) is 8.19. The van der Waals surface area contributed by atoms with E-state index in [4.69, 9.17) is 0 Å². The van der Waals surface area contributed by atoms with Crippen molar-refractivity contribution < 1.29 is 4.79 Å². The van der Waals surface area contributed by atoms with E-state index < -0.39 is 0 Å². The molecule has 0 saturated carbocycles.